The molecule has 2 fully saturated rings. The number of nitrogens with zero attached hydrogens (tertiary/aromatic N) is 4. The van der Waals surface area contributed by atoms with Crippen molar-refractivity contribution >= 4 is 72.1 Å². The Labute approximate surface area is 286 Å². The molecular formula is C38H34Br2N4O2. The van der Waals surface area contributed by atoms with Gasteiger partial charge in [0.25, 0.3) is 0 Å². The van der Waals surface area contributed by atoms with Crippen molar-refractivity contribution in [2.24, 2.45) is 15.8 Å². The number of anilines is 3. The van der Waals surface area contributed by atoms with Crippen molar-refractivity contribution in [3.05, 3.63) is 128 Å². The summed E-state index contributed by atoms with van der Waals surface area (Å²) in [6.07, 6.45) is -0.380. The SMILES string of the molecule is Cc1ccc(N2C(=O)C(C)(C)/C2=C2/C(=Nc3ccc(Br)cc3)c3cc(Br)ccc3N2C2N(c3ccc(C)cc3)C(=O)C2(C)C)cc1. The van der Waals surface area contributed by atoms with Crippen LogP contribution >= 0.6 is 31.9 Å². The van der Waals surface area contributed by atoms with E-state index in [0.29, 0.717) is 0 Å². The number of amides is 2. The fourth-order valence-electron chi connectivity index (χ4n) is 6.75. The third kappa shape index (κ3) is 4.60. The van der Waals surface area contributed by atoms with Crippen LogP contribution in [0.5, 0.6) is 0 Å². The van der Waals surface area contributed by atoms with Crippen LogP contribution in [-0.4, -0.2) is 23.7 Å². The minimum Gasteiger partial charge on any atom is -0.315 e. The quantitative estimate of drug-likeness (QED) is 0.196. The number of halogens is 2. The van der Waals surface area contributed by atoms with E-state index in [-0.39, 0.29) is 18.0 Å². The van der Waals surface area contributed by atoms with Gasteiger partial charge in [0, 0.05) is 25.9 Å². The summed E-state index contributed by atoms with van der Waals surface area (Å²) in [6.45, 7) is 12.0. The molecule has 3 aliphatic heterocycles. The molecular weight excluding hydrogens is 704 g/mol. The van der Waals surface area contributed by atoms with E-state index in [4.69, 9.17) is 4.99 Å². The molecule has 232 valence electrons. The van der Waals surface area contributed by atoms with Crippen LogP contribution in [0.3, 0.4) is 0 Å². The lowest BCUT2D eigenvalue weighted by Gasteiger charge is -2.58. The van der Waals surface area contributed by atoms with Gasteiger partial charge >= 0.3 is 0 Å². The normalized spacial score (nSPS) is 22.2. The number of fused-ring (bicyclic) bond motifs is 1. The number of rotatable bonds is 4. The van der Waals surface area contributed by atoms with Crippen molar-refractivity contribution < 1.29 is 9.59 Å². The summed E-state index contributed by atoms with van der Waals surface area (Å²) in [5.41, 5.74) is 7.40. The molecule has 8 heteroatoms. The molecule has 0 aromatic heterocycles. The first-order chi connectivity index (χ1) is 21.8. The van der Waals surface area contributed by atoms with Gasteiger partial charge in [0.05, 0.1) is 39.3 Å². The zero-order chi connectivity index (χ0) is 32.7. The van der Waals surface area contributed by atoms with E-state index in [1.54, 1.807) is 0 Å². The molecule has 46 heavy (non-hydrogen) atoms. The van der Waals surface area contributed by atoms with E-state index < -0.39 is 10.8 Å². The van der Waals surface area contributed by atoms with E-state index in [2.05, 4.69) is 48.9 Å². The number of hydrogen-bond acceptors (Lipinski definition) is 4. The molecule has 6 nitrogen and oxygen atoms in total. The van der Waals surface area contributed by atoms with Crippen LogP contribution in [0.2, 0.25) is 0 Å². The standard InChI is InChI=1S/C38H34Br2N4O2/c1-22-7-16-27(17-8-22)42-33(37(3,4)35(42)45)32-31(41-26-14-11-24(39)12-15-26)29-21-25(40)13-20-30(29)44(32)34-38(5,6)36(46)43(34)28-18-9-23(2)10-19-28/h7-21,34H,1-6H3/b33-32+,41-31?. The number of benzene rings is 4. The van der Waals surface area contributed by atoms with Gasteiger partial charge in [-0.2, -0.15) is 0 Å². The lowest BCUT2D eigenvalue weighted by atomic mass is 9.74. The molecule has 4 aromatic rings. The average molecular weight is 739 g/mol. The zero-order valence-electron chi connectivity index (χ0n) is 26.6. The summed E-state index contributed by atoms with van der Waals surface area (Å²) in [5, 5.41) is 0. The maximum atomic E-state index is 14.0. The molecule has 4 aromatic carbocycles. The van der Waals surface area contributed by atoms with Crippen molar-refractivity contribution in [3.63, 3.8) is 0 Å². The van der Waals surface area contributed by atoms with Crippen molar-refractivity contribution in [2.75, 3.05) is 14.7 Å². The fourth-order valence-corrected chi connectivity index (χ4v) is 7.38. The van der Waals surface area contributed by atoms with Crippen LogP contribution < -0.4 is 14.7 Å². The molecule has 0 spiro atoms. The topological polar surface area (TPSA) is 56.2 Å². The first kappa shape index (κ1) is 30.6. The Morgan fingerprint density at radius 3 is 1.85 bits per heavy atom. The Morgan fingerprint density at radius 2 is 1.24 bits per heavy atom. The minimum absolute atomic E-state index is 0.0123. The van der Waals surface area contributed by atoms with Gasteiger partial charge in [0.15, 0.2) is 0 Å². The Hall–Kier alpha value is -4.01. The van der Waals surface area contributed by atoms with Crippen molar-refractivity contribution in [3.8, 4) is 0 Å². The van der Waals surface area contributed by atoms with Crippen molar-refractivity contribution in [1.29, 1.82) is 0 Å². The number of carbonyl (C=O) groups is 2. The Morgan fingerprint density at radius 1 is 0.674 bits per heavy atom. The highest BCUT2D eigenvalue weighted by Crippen LogP contribution is 2.55. The summed E-state index contributed by atoms with van der Waals surface area (Å²) >= 11 is 7.27. The molecule has 1 unspecified atom stereocenters. The highest BCUT2D eigenvalue weighted by molar-refractivity contribution is 9.10. The third-order valence-corrected chi connectivity index (χ3v) is 10.3. The van der Waals surface area contributed by atoms with E-state index in [1.165, 1.54) is 0 Å². The van der Waals surface area contributed by atoms with Gasteiger partial charge < -0.3 is 4.90 Å². The number of hydrogen-bond donors (Lipinski definition) is 0. The predicted molar refractivity (Wildman–Crippen MR) is 193 cm³/mol. The van der Waals surface area contributed by atoms with E-state index in [0.717, 1.165) is 65.5 Å². The zero-order valence-corrected chi connectivity index (χ0v) is 29.8. The van der Waals surface area contributed by atoms with Gasteiger partial charge in [0.1, 0.15) is 6.17 Å². The second-order valence-corrected chi connectivity index (χ2v) is 15.2. The van der Waals surface area contributed by atoms with Crippen LogP contribution in [0.4, 0.5) is 22.7 Å². The Bertz CT molecular complexity index is 1980. The third-order valence-electron chi connectivity index (χ3n) is 9.29. The van der Waals surface area contributed by atoms with Gasteiger partial charge in [-0.05, 0) is 108 Å². The first-order valence-electron chi connectivity index (χ1n) is 15.3. The highest BCUT2D eigenvalue weighted by atomic mass is 79.9. The van der Waals surface area contributed by atoms with E-state index in [9.17, 15) is 9.59 Å². The smallest absolute Gasteiger partial charge is 0.243 e. The first-order valence-corrected chi connectivity index (χ1v) is 16.9. The Kier molecular flexibility index (Phi) is 7.18. The molecule has 7 rings (SSSR count). The van der Waals surface area contributed by atoms with Crippen molar-refractivity contribution in [2.45, 2.75) is 47.7 Å². The average Bonchev–Trinajstić information content (AvgIpc) is 3.31. The molecule has 0 bridgehead atoms. The Balaban J connectivity index is 1.54. The molecule has 3 aliphatic rings. The summed E-state index contributed by atoms with van der Waals surface area (Å²) in [4.78, 5) is 39.2. The highest BCUT2D eigenvalue weighted by Gasteiger charge is 2.62. The number of aryl methyl sites for hydroxylation is 2. The fraction of sp³-hybridized carbons (Fsp3) is 0.237. The summed E-state index contributed by atoms with van der Waals surface area (Å²) < 4.78 is 1.88. The second kappa shape index (κ2) is 10.8. The maximum absolute atomic E-state index is 14.0. The van der Waals surface area contributed by atoms with Crippen LogP contribution in [0.15, 0.2) is 116 Å². The molecule has 2 amide bonds. The monoisotopic (exact) mass is 736 g/mol. The maximum Gasteiger partial charge on any atom is 0.243 e. The second-order valence-electron chi connectivity index (χ2n) is 13.4. The number of carbonyl (C=O) groups excluding carboxylic acids is 2. The van der Waals surface area contributed by atoms with Gasteiger partial charge in [-0.3, -0.25) is 19.4 Å². The molecule has 3 heterocycles. The largest absolute Gasteiger partial charge is 0.315 e. The van der Waals surface area contributed by atoms with E-state index in [1.807, 2.05) is 130 Å². The number of β-lactam (4-membered cyclic amide) rings is 2. The van der Waals surface area contributed by atoms with Crippen LogP contribution in [0.1, 0.15) is 44.4 Å². The molecule has 0 radical (unpaired) electrons. The van der Waals surface area contributed by atoms with Crippen LogP contribution in [0.25, 0.3) is 0 Å². The van der Waals surface area contributed by atoms with Gasteiger partial charge in [0.2, 0.25) is 11.8 Å². The number of allylic oxidation sites excluding steroid dienone is 1. The molecule has 1 atom stereocenters. The van der Waals surface area contributed by atoms with Gasteiger partial charge in [-0.25, -0.2) is 4.99 Å². The van der Waals surface area contributed by atoms with Gasteiger partial charge in [-0.15, -0.1) is 0 Å². The minimum atomic E-state index is -0.815. The van der Waals surface area contributed by atoms with Gasteiger partial charge in [-0.1, -0.05) is 67.3 Å². The number of aliphatic imine (C=N–C) groups is 1. The molecule has 0 saturated carbocycles. The van der Waals surface area contributed by atoms with E-state index >= 15 is 0 Å². The van der Waals surface area contributed by atoms with Crippen molar-refractivity contribution in [1.82, 2.24) is 0 Å². The summed E-state index contributed by atoms with van der Waals surface area (Å²) in [7, 11) is 0. The van der Waals surface area contributed by atoms with Crippen LogP contribution in [-0.2, 0) is 9.59 Å². The summed E-state index contributed by atoms with van der Waals surface area (Å²) in [5.74, 6) is 0.0558. The predicted octanol–water partition coefficient (Wildman–Crippen LogP) is 9.45. The molecule has 0 aliphatic carbocycles. The lowest BCUT2D eigenvalue weighted by Crippen LogP contribution is -2.73. The summed E-state index contributed by atoms with van der Waals surface area (Å²) in [6, 6.07) is 30.2. The lowest BCUT2D eigenvalue weighted by molar-refractivity contribution is -0.137. The van der Waals surface area contributed by atoms with Crippen LogP contribution in [0, 0.1) is 24.7 Å². The molecule has 0 N–H and O–H groups in total. The molecule has 2 saturated heterocycles.